The third kappa shape index (κ3) is 8.73. The zero-order chi connectivity index (χ0) is 23.4. The number of rotatable bonds is 8. The van der Waals surface area contributed by atoms with Gasteiger partial charge in [-0.1, -0.05) is 73.0 Å². The Hall–Kier alpha value is -2.98. The summed E-state index contributed by atoms with van der Waals surface area (Å²) in [5.74, 6) is 1.22. The van der Waals surface area contributed by atoms with Crippen molar-refractivity contribution in [3.63, 3.8) is 0 Å². The lowest BCUT2D eigenvalue weighted by molar-refractivity contribution is 0.101. The van der Waals surface area contributed by atoms with Gasteiger partial charge >= 0.3 is 0 Å². The standard InChI is InChI=1S/C17H20S.C10H12O3/c1-6-7-10-14(3)15(4)18-16(5)17-11-8-9-13(2)12-17;1-7(11)9-5-4-8(12-2)6-10(9)13-3/h6-12H,4-5H2,1-3H3;4-6H,1-3H3/b7-6-,14-10-;. The van der Waals surface area contributed by atoms with Gasteiger partial charge in [0.15, 0.2) is 5.78 Å². The molecule has 31 heavy (non-hydrogen) atoms. The van der Waals surface area contributed by atoms with Crippen LogP contribution >= 0.6 is 11.8 Å². The number of methoxy groups -OCH3 is 2. The van der Waals surface area contributed by atoms with E-state index in [1.165, 1.54) is 30.7 Å². The predicted molar refractivity (Wildman–Crippen MR) is 135 cm³/mol. The van der Waals surface area contributed by atoms with Crippen molar-refractivity contribution in [3.8, 4) is 11.5 Å². The summed E-state index contributed by atoms with van der Waals surface area (Å²) >= 11 is 1.63. The Morgan fingerprint density at radius 3 is 2.29 bits per heavy atom. The number of ether oxygens (including phenoxy) is 2. The molecular weight excluding hydrogens is 404 g/mol. The quantitative estimate of drug-likeness (QED) is 0.315. The van der Waals surface area contributed by atoms with Crippen molar-refractivity contribution in [1.29, 1.82) is 0 Å². The van der Waals surface area contributed by atoms with Gasteiger partial charge in [-0.25, -0.2) is 0 Å². The van der Waals surface area contributed by atoms with E-state index in [2.05, 4.69) is 57.3 Å². The molecule has 0 aromatic heterocycles. The smallest absolute Gasteiger partial charge is 0.163 e. The van der Waals surface area contributed by atoms with Gasteiger partial charge in [-0.05, 0) is 51.0 Å². The van der Waals surface area contributed by atoms with Gasteiger partial charge in [0.1, 0.15) is 11.5 Å². The van der Waals surface area contributed by atoms with Crippen LogP contribution in [-0.4, -0.2) is 20.0 Å². The maximum Gasteiger partial charge on any atom is 0.163 e. The van der Waals surface area contributed by atoms with E-state index in [0.29, 0.717) is 17.1 Å². The summed E-state index contributed by atoms with van der Waals surface area (Å²) in [4.78, 5) is 13.2. The lowest BCUT2D eigenvalue weighted by Gasteiger charge is -2.09. The fourth-order valence-corrected chi connectivity index (χ4v) is 3.30. The van der Waals surface area contributed by atoms with Crippen LogP contribution in [0.3, 0.4) is 0 Å². The Bertz CT molecular complexity index is 984. The molecule has 2 rings (SSSR count). The number of thioether (sulfide) groups is 1. The van der Waals surface area contributed by atoms with E-state index in [4.69, 9.17) is 9.47 Å². The molecule has 0 heterocycles. The predicted octanol–water partition coefficient (Wildman–Crippen LogP) is 7.64. The Labute approximate surface area is 191 Å². The highest BCUT2D eigenvalue weighted by molar-refractivity contribution is 8.11. The minimum Gasteiger partial charge on any atom is -0.497 e. The van der Waals surface area contributed by atoms with Crippen LogP contribution in [0.1, 0.15) is 42.3 Å². The maximum absolute atomic E-state index is 11.1. The van der Waals surface area contributed by atoms with E-state index in [-0.39, 0.29) is 5.78 Å². The zero-order valence-electron chi connectivity index (χ0n) is 19.3. The molecule has 0 aliphatic rings. The average Bonchev–Trinajstić information content (AvgIpc) is 2.77. The largest absolute Gasteiger partial charge is 0.497 e. The van der Waals surface area contributed by atoms with Gasteiger partial charge in [0.2, 0.25) is 0 Å². The molecule has 0 aliphatic heterocycles. The van der Waals surface area contributed by atoms with Crippen LogP contribution in [0.4, 0.5) is 0 Å². The van der Waals surface area contributed by atoms with Crippen LogP contribution in [-0.2, 0) is 0 Å². The molecule has 0 aliphatic carbocycles. The van der Waals surface area contributed by atoms with Crippen molar-refractivity contribution in [3.05, 3.63) is 101 Å². The summed E-state index contributed by atoms with van der Waals surface area (Å²) in [5.41, 5.74) is 4.16. The van der Waals surface area contributed by atoms with E-state index < -0.39 is 0 Å². The molecular formula is C27H32O3S. The summed E-state index contributed by atoms with van der Waals surface area (Å²) in [5, 5.41) is 0. The lowest BCUT2D eigenvalue weighted by atomic mass is 10.1. The van der Waals surface area contributed by atoms with E-state index >= 15 is 0 Å². The first-order chi connectivity index (χ1) is 14.7. The van der Waals surface area contributed by atoms with Crippen LogP contribution in [0.25, 0.3) is 4.91 Å². The highest BCUT2D eigenvalue weighted by Gasteiger charge is 2.08. The number of benzene rings is 2. The summed E-state index contributed by atoms with van der Waals surface area (Å²) in [6.07, 6.45) is 6.10. The number of hydrogen-bond acceptors (Lipinski definition) is 4. The third-order valence-corrected chi connectivity index (χ3v) is 5.40. The molecule has 2 aromatic rings. The van der Waals surface area contributed by atoms with Crippen molar-refractivity contribution in [2.24, 2.45) is 0 Å². The van der Waals surface area contributed by atoms with Crippen LogP contribution < -0.4 is 9.47 Å². The van der Waals surface area contributed by atoms with Crippen molar-refractivity contribution in [1.82, 2.24) is 0 Å². The van der Waals surface area contributed by atoms with Crippen LogP contribution in [0.15, 0.2) is 84.3 Å². The SMILES string of the molecule is C=C(SC(=C)c1cccc(C)c1)/C(C)=C\C=C/C.COc1ccc(C(C)=O)c(OC)c1. The first-order valence-corrected chi connectivity index (χ1v) is 10.7. The first-order valence-electron chi connectivity index (χ1n) is 9.89. The highest BCUT2D eigenvalue weighted by Crippen LogP contribution is 2.34. The number of ketones is 1. The Balaban J connectivity index is 0.000000327. The number of hydrogen-bond donors (Lipinski definition) is 0. The van der Waals surface area contributed by atoms with Crippen molar-refractivity contribution in [2.75, 3.05) is 14.2 Å². The fraction of sp³-hybridized carbons (Fsp3) is 0.222. The Morgan fingerprint density at radius 1 is 1.03 bits per heavy atom. The second-order valence-corrected chi connectivity index (χ2v) is 8.01. The lowest BCUT2D eigenvalue weighted by Crippen LogP contribution is -1.97. The molecule has 3 nitrogen and oxygen atoms in total. The number of carbonyl (C=O) groups is 1. The molecule has 0 saturated heterocycles. The molecule has 0 amide bonds. The Kier molecular flexibility index (Phi) is 11.2. The minimum absolute atomic E-state index is 0.0143. The number of allylic oxidation sites excluding steroid dienone is 4. The van der Waals surface area contributed by atoms with E-state index in [1.54, 1.807) is 37.1 Å². The molecule has 0 radical (unpaired) electrons. The van der Waals surface area contributed by atoms with Crippen LogP contribution in [0.2, 0.25) is 0 Å². The van der Waals surface area contributed by atoms with Gasteiger partial charge < -0.3 is 9.47 Å². The second kappa shape index (κ2) is 13.3. The molecule has 0 unspecified atom stereocenters. The van der Waals surface area contributed by atoms with Crippen LogP contribution in [0.5, 0.6) is 11.5 Å². The van der Waals surface area contributed by atoms with E-state index in [9.17, 15) is 4.79 Å². The van der Waals surface area contributed by atoms with Crippen molar-refractivity contribution >= 4 is 22.5 Å². The van der Waals surface area contributed by atoms with Gasteiger partial charge in [0.05, 0.1) is 19.8 Å². The first kappa shape index (κ1) is 26.1. The molecule has 2 aromatic carbocycles. The highest BCUT2D eigenvalue weighted by atomic mass is 32.2. The molecule has 0 fully saturated rings. The zero-order valence-corrected chi connectivity index (χ0v) is 20.1. The van der Waals surface area contributed by atoms with Crippen molar-refractivity contribution in [2.45, 2.75) is 27.7 Å². The minimum atomic E-state index is -0.0143. The number of aryl methyl sites for hydroxylation is 1. The average molecular weight is 437 g/mol. The van der Waals surface area contributed by atoms with Crippen LogP contribution in [0, 0.1) is 6.92 Å². The summed E-state index contributed by atoms with van der Waals surface area (Å²) in [6.45, 7) is 15.9. The van der Waals surface area contributed by atoms with Gasteiger partial charge in [0, 0.05) is 15.9 Å². The van der Waals surface area contributed by atoms with Gasteiger partial charge in [-0.3, -0.25) is 4.79 Å². The topological polar surface area (TPSA) is 35.5 Å². The second-order valence-electron chi connectivity index (χ2n) is 6.82. The molecule has 164 valence electrons. The van der Waals surface area contributed by atoms with Crippen molar-refractivity contribution < 1.29 is 14.3 Å². The van der Waals surface area contributed by atoms with E-state index in [0.717, 1.165) is 9.81 Å². The number of Topliss-reactive ketones (excluding diaryl/α,β-unsaturated/α-hetero) is 1. The summed E-state index contributed by atoms with van der Waals surface area (Å²) in [7, 11) is 3.10. The molecule has 0 atom stereocenters. The van der Waals surface area contributed by atoms with Gasteiger partial charge in [0.25, 0.3) is 0 Å². The van der Waals surface area contributed by atoms with E-state index in [1.807, 2.05) is 19.1 Å². The molecule has 0 spiro atoms. The summed E-state index contributed by atoms with van der Waals surface area (Å²) < 4.78 is 10.0. The Morgan fingerprint density at radius 2 is 1.74 bits per heavy atom. The molecule has 4 heteroatoms. The molecule has 0 saturated carbocycles. The third-order valence-electron chi connectivity index (χ3n) is 4.35. The van der Waals surface area contributed by atoms with Gasteiger partial charge in [-0.15, -0.1) is 0 Å². The maximum atomic E-state index is 11.1. The normalized spacial score (nSPS) is 10.8. The fourth-order valence-electron chi connectivity index (χ4n) is 2.53. The molecule has 0 N–H and O–H groups in total. The number of carbonyl (C=O) groups excluding carboxylic acids is 1. The van der Waals surface area contributed by atoms with Gasteiger partial charge in [-0.2, -0.15) is 0 Å². The molecule has 0 bridgehead atoms. The summed E-state index contributed by atoms with van der Waals surface area (Å²) in [6, 6.07) is 13.5. The monoisotopic (exact) mass is 436 g/mol.